The lowest BCUT2D eigenvalue weighted by molar-refractivity contribution is 0.670. The van der Waals surface area contributed by atoms with Gasteiger partial charge in [0, 0.05) is 80.0 Å². The van der Waals surface area contributed by atoms with Gasteiger partial charge in [-0.2, -0.15) is 5.26 Å². The van der Waals surface area contributed by atoms with Gasteiger partial charge in [0.1, 0.15) is 17.2 Å². The summed E-state index contributed by atoms with van der Waals surface area (Å²) in [7, 11) is 0. The second-order valence-electron chi connectivity index (χ2n) is 19.2. The molecule has 0 spiro atoms. The zero-order valence-electron chi connectivity index (χ0n) is 39.8. The van der Waals surface area contributed by atoms with Crippen LogP contribution in [0.2, 0.25) is 0 Å². The molecule has 0 unspecified atom stereocenters. The second-order valence-corrected chi connectivity index (χ2v) is 21.3. The largest absolute Gasteiger partial charge is 0.455 e. The van der Waals surface area contributed by atoms with Crippen LogP contribution in [0.15, 0.2) is 223 Å². The zero-order chi connectivity index (χ0) is 49.5. The molecule has 0 aliphatic carbocycles. The van der Waals surface area contributed by atoms with Gasteiger partial charge in [-0.15, -0.1) is 22.7 Å². The minimum atomic E-state index is 0.402. The average Bonchev–Trinajstić information content (AvgIpc) is 4.40. The Labute approximate surface area is 436 Å². The van der Waals surface area contributed by atoms with Crippen LogP contribution in [0.5, 0.6) is 0 Å². The maximum absolute atomic E-state index is 12.2. The number of benzene rings is 11. The van der Waals surface area contributed by atoms with Gasteiger partial charge in [-0.25, -0.2) is 4.85 Å². The van der Waals surface area contributed by atoms with Crippen LogP contribution in [0.1, 0.15) is 5.56 Å². The Morgan fingerprint density at radius 3 is 1.63 bits per heavy atom. The van der Waals surface area contributed by atoms with Crippen molar-refractivity contribution < 1.29 is 4.42 Å². The van der Waals surface area contributed by atoms with Crippen LogP contribution >= 0.6 is 22.7 Å². The molecule has 0 aliphatic heterocycles. The summed E-state index contributed by atoms with van der Waals surface area (Å²) in [4.78, 5) is 4.60. The predicted octanol–water partition coefficient (Wildman–Crippen LogP) is 19.9. The number of nitrogens with zero attached hydrogens (tertiary/aromatic N) is 4. The monoisotopic (exact) mass is 988 g/mol. The molecule has 16 rings (SSSR count). The number of hydrogen-bond acceptors (Lipinski definition) is 4. The Morgan fingerprint density at radius 2 is 0.973 bits per heavy atom. The Hall–Kier alpha value is -9.76. The molecule has 0 N–H and O–H groups in total. The highest BCUT2D eigenvalue weighted by atomic mass is 32.1. The molecule has 7 heteroatoms. The van der Waals surface area contributed by atoms with E-state index in [9.17, 15) is 11.8 Å². The fraction of sp³-hybridized carbons (Fsp3) is 0. The molecular formula is C68H36N4OS2. The SMILES string of the molecule is [C-]#[N+]c1c(-c2ccccc2)c(C#N)c(-n2c3c(ccc4c5ccccc5sc43)c3ccc4c5ccccc5sc4c32)c(-c2ccccc2)c1-n1c2ccccc2c2cc(-c3cccc4c3oc3ccccc34)ccc21. The first-order valence-corrected chi connectivity index (χ1v) is 26.6. The van der Waals surface area contributed by atoms with Crippen LogP contribution in [0.25, 0.3) is 155 Å². The van der Waals surface area contributed by atoms with Crippen LogP contribution in [0.3, 0.4) is 0 Å². The molecule has 0 amide bonds. The fourth-order valence-corrected chi connectivity index (χ4v) is 14.7. The van der Waals surface area contributed by atoms with Gasteiger partial charge in [-0.3, -0.25) is 0 Å². The van der Waals surface area contributed by atoms with Crippen molar-refractivity contribution in [1.29, 1.82) is 5.26 Å². The molecule has 0 bridgehead atoms. The van der Waals surface area contributed by atoms with E-state index in [0.717, 1.165) is 119 Å². The Bertz CT molecular complexity index is 5080. The third-order valence-corrected chi connectivity index (χ3v) is 17.8. The van der Waals surface area contributed by atoms with Gasteiger partial charge >= 0.3 is 0 Å². The zero-order valence-corrected chi connectivity index (χ0v) is 41.4. The first-order valence-electron chi connectivity index (χ1n) is 24.9. The molecule has 0 aliphatic rings. The standard InChI is InChI=1S/C68H36N4OS2/c1-70-61-59(39-17-4-2-5-18-39)53(38-69)62(72-63-47(32-34-50-45-23-10-14-29-57(45)74-67(50)63)48-33-35-51-46-24-11-15-30-58(46)75-68(51)64(48)72)60(40-19-6-3-7-20-40)65(61)71-54-27-12-8-21-43(54)52-37-41(31-36-55(52)71)42-25-16-26-49-44-22-9-13-28-56(44)73-66(42)49/h2-37H. The Kier molecular flexibility index (Phi) is 8.85. The van der Waals surface area contributed by atoms with Crippen molar-refractivity contribution in [3.63, 3.8) is 0 Å². The number of para-hydroxylation sites is 3. The third-order valence-electron chi connectivity index (χ3n) is 15.4. The van der Waals surface area contributed by atoms with Crippen molar-refractivity contribution in [1.82, 2.24) is 9.13 Å². The van der Waals surface area contributed by atoms with Crippen molar-refractivity contribution in [2.75, 3.05) is 0 Å². The van der Waals surface area contributed by atoms with Crippen LogP contribution in [0.4, 0.5) is 5.69 Å². The first-order chi connectivity index (χ1) is 37.2. The van der Waals surface area contributed by atoms with E-state index in [1.54, 1.807) is 22.7 Å². The van der Waals surface area contributed by atoms with E-state index >= 15 is 0 Å². The molecule has 16 aromatic rings. The Balaban J connectivity index is 1.13. The summed E-state index contributed by atoms with van der Waals surface area (Å²) in [5.74, 6) is 0. The van der Waals surface area contributed by atoms with Crippen molar-refractivity contribution >= 4 is 134 Å². The lowest BCUT2D eigenvalue weighted by Gasteiger charge is -2.26. The van der Waals surface area contributed by atoms with Gasteiger partial charge in [-0.1, -0.05) is 182 Å². The van der Waals surface area contributed by atoms with Crippen molar-refractivity contribution in [3.8, 4) is 50.8 Å². The molecule has 5 aromatic heterocycles. The highest BCUT2D eigenvalue weighted by molar-refractivity contribution is 7.27. The molecule has 346 valence electrons. The maximum Gasteiger partial charge on any atom is 0.220 e. The second kappa shape index (κ2) is 15.9. The van der Waals surface area contributed by atoms with Crippen molar-refractivity contribution in [3.05, 3.63) is 235 Å². The van der Waals surface area contributed by atoms with Crippen LogP contribution in [-0.2, 0) is 0 Å². The highest BCUT2D eigenvalue weighted by Crippen LogP contribution is 2.55. The van der Waals surface area contributed by atoms with E-state index in [-0.39, 0.29) is 0 Å². The minimum Gasteiger partial charge on any atom is -0.455 e. The summed E-state index contributed by atoms with van der Waals surface area (Å²) < 4.78 is 16.0. The van der Waals surface area contributed by atoms with Crippen LogP contribution in [0, 0.1) is 17.9 Å². The van der Waals surface area contributed by atoms with Gasteiger partial charge in [0.25, 0.3) is 0 Å². The van der Waals surface area contributed by atoms with Crippen molar-refractivity contribution in [2.24, 2.45) is 0 Å². The molecule has 11 aromatic carbocycles. The molecule has 5 heterocycles. The number of aromatic nitrogens is 2. The highest BCUT2D eigenvalue weighted by Gasteiger charge is 2.33. The van der Waals surface area contributed by atoms with Crippen molar-refractivity contribution in [2.45, 2.75) is 0 Å². The summed E-state index contributed by atoms with van der Waals surface area (Å²) in [6, 6.07) is 79.6. The summed E-state index contributed by atoms with van der Waals surface area (Å²) in [6.07, 6.45) is 0. The van der Waals surface area contributed by atoms with Gasteiger partial charge in [0.05, 0.1) is 55.0 Å². The maximum atomic E-state index is 12.2. The van der Waals surface area contributed by atoms with Gasteiger partial charge < -0.3 is 13.6 Å². The lowest BCUT2D eigenvalue weighted by atomic mass is 9.88. The number of rotatable bonds is 5. The smallest absolute Gasteiger partial charge is 0.220 e. The van der Waals surface area contributed by atoms with E-state index < -0.39 is 0 Å². The molecular weight excluding hydrogens is 953 g/mol. The number of fused-ring (bicyclic) bond motifs is 17. The minimum absolute atomic E-state index is 0.402. The normalized spacial score (nSPS) is 12.0. The predicted molar refractivity (Wildman–Crippen MR) is 315 cm³/mol. The molecule has 0 atom stereocenters. The van der Waals surface area contributed by atoms with Gasteiger partial charge in [0.15, 0.2) is 0 Å². The van der Waals surface area contributed by atoms with E-state index in [1.807, 2.05) is 48.5 Å². The number of furan rings is 1. The van der Waals surface area contributed by atoms with Gasteiger partial charge in [-0.05, 0) is 53.1 Å². The number of nitriles is 1. The summed E-state index contributed by atoms with van der Waals surface area (Å²) in [5.41, 5.74) is 13.1. The van der Waals surface area contributed by atoms with E-state index in [2.05, 4.69) is 190 Å². The third kappa shape index (κ3) is 5.79. The molecule has 0 saturated heterocycles. The first kappa shape index (κ1) is 41.8. The fourth-order valence-electron chi connectivity index (χ4n) is 12.3. The lowest BCUT2D eigenvalue weighted by Crippen LogP contribution is -2.09. The summed E-state index contributed by atoms with van der Waals surface area (Å²) in [6.45, 7) is 9.43. The average molecular weight is 989 g/mol. The van der Waals surface area contributed by atoms with Crippen LogP contribution in [-0.4, -0.2) is 9.13 Å². The quantitative estimate of drug-likeness (QED) is 0.161. The molecule has 0 fully saturated rings. The summed E-state index contributed by atoms with van der Waals surface area (Å²) >= 11 is 3.59. The number of thiophene rings is 2. The molecule has 0 saturated carbocycles. The van der Waals surface area contributed by atoms with Gasteiger partial charge in [0.2, 0.25) is 5.69 Å². The van der Waals surface area contributed by atoms with E-state index in [1.165, 1.54) is 20.2 Å². The molecule has 5 nitrogen and oxygen atoms in total. The topological polar surface area (TPSA) is 51.1 Å². The molecule has 75 heavy (non-hydrogen) atoms. The van der Waals surface area contributed by atoms with E-state index in [4.69, 9.17) is 4.42 Å². The molecule has 0 radical (unpaired) electrons. The number of hydrogen-bond donors (Lipinski definition) is 0. The Morgan fingerprint density at radius 1 is 0.427 bits per heavy atom. The summed E-state index contributed by atoms with van der Waals surface area (Å²) in [5, 5.41) is 23.4. The van der Waals surface area contributed by atoms with Crippen LogP contribution < -0.4 is 0 Å². The van der Waals surface area contributed by atoms with E-state index in [0.29, 0.717) is 22.5 Å².